The van der Waals surface area contributed by atoms with Crippen molar-refractivity contribution in [2.75, 3.05) is 0 Å². The van der Waals surface area contributed by atoms with Gasteiger partial charge >= 0.3 is 0 Å². The van der Waals surface area contributed by atoms with E-state index in [1.54, 1.807) is 0 Å². The zero-order chi connectivity index (χ0) is 16.5. The van der Waals surface area contributed by atoms with Crippen LogP contribution in [0.25, 0.3) is 0 Å². The topological polar surface area (TPSA) is 23.8 Å². The molecule has 0 aromatic heterocycles. The molecule has 2 rings (SSSR count). The first kappa shape index (κ1) is 18.8. The van der Waals surface area contributed by atoms with Gasteiger partial charge in [-0.25, -0.2) is 0 Å². The first-order chi connectivity index (χ1) is 11.2. The molecule has 2 aliphatic carbocycles. The normalized spacial score (nSPS) is 34.9. The summed E-state index contributed by atoms with van der Waals surface area (Å²) in [7, 11) is 0. The minimum absolute atomic E-state index is 0.0384. The first-order valence-electron chi connectivity index (χ1n) is 10.6. The van der Waals surface area contributed by atoms with Crippen molar-refractivity contribution in [3.05, 3.63) is 0 Å². The largest absolute Gasteiger partial charge is 0.198 e. The predicted molar refractivity (Wildman–Crippen MR) is 99.1 cm³/mol. The van der Waals surface area contributed by atoms with Crippen LogP contribution in [0.15, 0.2) is 0 Å². The molecule has 2 fully saturated rings. The van der Waals surface area contributed by atoms with E-state index in [9.17, 15) is 5.26 Å². The number of rotatable bonds is 8. The van der Waals surface area contributed by atoms with Gasteiger partial charge in [-0.3, -0.25) is 0 Å². The van der Waals surface area contributed by atoms with E-state index < -0.39 is 0 Å². The number of hydrogen-bond acceptors (Lipinski definition) is 1. The number of unbranched alkanes of at least 4 members (excludes halogenated alkanes) is 4. The smallest absolute Gasteiger partial charge is 0.0689 e. The monoisotopic (exact) mass is 317 g/mol. The summed E-state index contributed by atoms with van der Waals surface area (Å²) < 4.78 is 0. The third kappa shape index (κ3) is 5.51. The van der Waals surface area contributed by atoms with Crippen LogP contribution in [0.1, 0.15) is 110 Å². The second-order valence-corrected chi connectivity index (χ2v) is 8.60. The summed E-state index contributed by atoms with van der Waals surface area (Å²) in [5.41, 5.74) is 0.0384. The Bertz CT molecular complexity index is 361. The highest BCUT2D eigenvalue weighted by Crippen LogP contribution is 2.48. The lowest BCUT2D eigenvalue weighted by atomic mass is 9.62. The summed E-state index contributed by atoms with van der Waals surface area (Å²) in [4.78, 5) is 0. The van der Waals surface area contributed by atoms with E-state index in [4.69, 9.17) is 0 Å². The zero-order valence-electron chi connectivity index (χ0n) is 15.8. The van der Waals surface area contributed by atoms with E-state index in [0.717, 1.165) is 17.8 Å². The second-order valence-electron chi connectivity index (χ2n) is 8.60. The molecule has 0 aliphatic heterocycles. The maximum Gasteiger partial charge on any atom is 0.0689 e. The Morgan fingerprint density at radius 1 is 0.913 bits per heavy atom. The van der Waals surface area contributed by atoms with Crippen LogP contribution >= 0.6 is 0 Å². The highest BCUT2D eigenvalue weighted by Gasteiger charge is 2.39. The molecular formula is C22H39N. The van der Waals surface area contributed by atoms with Crippen LogP contribution in [0.2, 0.25) is 0 Å². The molecule has 0 radical (unpaired) electrons. The van der Waals surface area contributed by atoms with E-state index in [1.807, 2.05) is 0 Å². The summed E-state index contributed by atoms with van der Waals surface area (Å²) in [5, 5.41) is 9.89. The quantitative estimate of drug-likeness (QED) is 0.432. The van der Waals surface area contributed by atoms with Gasteiger partial charge in [-0.2, -0.15) is 5.26 Å². The molecule has 132 valence electrons. The Labute approximate surface area is 145 Å². The van der Waals surface area contributed by atoms with Gasteiger partial charge in [0.1, 0.15) is 0 Å². The van der Waals surface area contributed by atoms with Gasteiger partial charge in [0.05, 0.1) is 11.5 Å². The maximum atomic E-state index is 9.89. The van der Waals surface area contributed by atoms with Gasteiger partial charge in [0.25, 0.3) is 0 Å². The molecule has 0 amide bonds. The van der Waals surface area contributed by atoms with Gasteiger partial charge in [-0.05, 0) is 49.9 Å². The molecule has 0 saturated heterocycles. The summed E-state index contributed by atoms with van der Waals surface area (Å²) in [5.74, 6) is 2.79. The molecule has 0 bridgehead atoms. The van der Waals surface area contributed by atoms with Gasteiger partial charge in [-0.1, -0.05) is 78.1 Å². The summed E-state index contributed by atoms with van der Waals surface area (Å²) >= 11 is 0. The fourth-order valence-electron chi connectivity index (χ4n) is 5.33. The molecule has 2 saturated carbocycles. The number of nitrogens with zero attached hydrogens (tertiary/aromatic N) is 1. The summed E-state index contributed by atoms with van der Waals surface area (Å²) in [6.45, 7) is 4.63. The Hall–Kier alpha value is -0.510. The highest BCUT2D eigenvalue weighted by atomic mass is 14.5. The van der Waals surface area contributed by atoms with Gasteiger partial charge in [0.15, 0.2) is 0 Å². The van der Waals surface area contributed by atoms with Crippen LogP contribution in [-0.4, -0.2) is 0 Å². The van der Waals surface area contributed by atoms with E-state index in [2.05, 4.69) is 19.9 Å². The minimum atomic E-state index is 0.0384. The second kappa shape index (κ2) is 9.71. The van der Waals surface area contributed by atoms with Crippen molar-refractivity contribution in [2.45, 2.75) is 110 Å². The van der Waals surface area contributed by atoms with Gasteiger partial charge in [-0.15, -0.1) is 0 Å². The predicted octanol–water partition coefficient (Wildman–Crippen LogP) is 7.26. The maximum absolute atomic E-state index is 9.89. The van der Waals surface area contributed by atoms with Crippen LogP contribution in [0.3, 0.4) is 0 Å². The van der Waals surface area contributed by atoms with Crippen LogP contribution < -0.4 is 0 Å². The summed E-state index contributed by atoms with van der Waals surface area (Å²) in [6, 6.07) is 2.80. The van der Waals surface area contributed by atoms with E-state index in [-0.39, 0.29) is 5.41 Å². The van der Waals surface area contributed by atoms with Crippen LogP contribution in [-0.2, 0) is 0 Å². The lowest BCUT2D eigenvalue weighted by molar-refractivity contribution is 0.103. The van der Waals surface area contributed by atoms with E-state index >= 15 is 0 Å². The molecule has 0 unspecified atom stereocenters. The molecule has 23 heavy (non-hydrogen) atoms. The van der Waals surface area contributed by atoms with Crippen molar-refractivity contribution in [3.63, 3.8) is 0 Å². The first-order valence-corrected chi connectivity index (χ1v) is 10.6. The van der Waals surface area contributed by atoms with Crippen molar-refractivity contribution in [2.24, 2.45) is 23.2 Å². The molecule has 0 spiro atoms. The van der Waals surface area contributed by atoms with Crippen molar-refractivity contribution in [3.8, 4) is 6.07 Å². The molecule has 0 N–H and O–H groups in total. The Morgan fingerprint density at radius 2 is 1.65 bits per heavy atom. The van der Waals surface area contributed by atoms with E-state index in [0.29, 0.717) is 0 Å². The third-order valence-corrected chi connectivity index (χ3v) is 7.01. The highest BCUT2D eigenvalue weighted by molar-refractivity contribution is 5.03. The van der Waals surface area contributed by atoms with Gasteiger partial charge < -0.3 is 0 Å². The zero-order valence-corrected chi connectivity index (χ0v) is 15.8. The average Bonchev–Trinajstić information content (AvgIpc) is 2.62. The molecule has 0 aromatic rings. The molecule has 2 aliphatic rings. The SMILES string of the molecule is CCCCCCC[C@]1(C#N)CCC[C@@H](C2CCC(CC)CC2)C1. The van der Waals surface area contributed by atoms with Crippen molar-refractivity contribution in [1.82, 2.24) is 0 Å². The molecule has 0 aromatic carbocycles. The van der Waals surface area contributed by atoms with Crippen molar-refractivity contribution in [1.29, 1.82) is 5.26 Å². The number of hydrogen-bond donors (Lipinski definition) is 0. The Balaban J connectivity index is 1.81. The Kier molecular flexibility index (Phi) is 7.94. The van der Waals surface area contributed by atoms with Crippen LogP contribution in [0, 0.1) is 34.5 Å². The lowest BCUT2D eigenvalue weighted by Gasteiger charge is -2.41. The third-order valence-electron chi connectivity index (χ3n) is 7.01. The lowest BCUT2D eigenvalue weighted by Crippen LogP contribution is -2.32. The van der Waals surface area contributed by atoms with E-state index in [1.165, 1.54) is 96.3 Å². The molecule has 2 atom stereocenters. The fraction of sp³-hybridized carbons (Fsp3) is 0.955. The standard InChI is InChI=1S/C22H39N/c1-3-5-6-7-8-15-22(18-23)16-9-10-21(17-22)20-13-11-19(4-2)12-14-20/h19-21H,3-17H2,1-2H3/t19?,20?,21-,22+/m1/s1. The molecular weight excluding hydrogens is 278 g/mol. The van der Waals surface area contributed by atoms with Crippen molar-refractivity contribution < 1.29 is 0 Å². The minimum Gasteiger partial charge on any atom is -0.198 e. The van der Waals surface area contributed by atoms with Crippen molar-refractivity contribution >= 4 is 0 Å². The number of nitriles is 1. The molecule has 1 heteroatoms. The summed E-state index contributed by atoms with van der Waals surface area (Å²) in [6.07, 6.45) is 20.1. The van der Waals surface area contributed by atoms with Crippen LogP contribution in [0.5, 0.6) is 0 Å². The average molecular weight is 318 g/mol. The Morgan fingerprint density at radius 3 is 2.30 bits per heavy atom. The molecule has 0 heterocycles. The van der Waals surface area contributed by atoms with Gasteiger partial charge in [0, 0.05) is 0 Å². The van der Waals surface area contributed by atoms with Crippen LogP contribution in [0.4, 0.5) is 0 Å². The fourth-order valence-corrected chi connectivity index (χ4v) is 5.33. The molecule has 1 nitrogen and oxygen atoms in total. The van der Waals surface area contributed by atoms with Gasteiger partial charge in [0.2, 0.25) is 0 Å².